The third kappa shape index (κ3) is 4.13. The monoisotopic (exact) mass is 285 g/mol. The zero-order valence-corrected chi connectivity index (χ0v) is 12.0. The minimum absolute atomic E-state index is 0.0668. The van der Waals surface area contributed by atoms with Crippen molar-refractivity contribution in [2.45, 2.75) is 27.7 Å². The standard InChI is InChI=1S/C12H15NO5S/c1-7(14)9-8(5-19-13-9)10(15)17-6-18-11(16)12(2,3)4/h5H,6H2,1-4H3. The van der Waals surface area contributed by atoms with Crippen LogP contribution in [-0.2, 0) is 14.3 Å². The van der Waals surface area contributed by atoms with Crippen molar-refractivity contribution in [3.05, 3.63) is 16.6 Å². The van der Waals surface area contributed by atoms with E-state index in [0.717, 1.165) is 11.5 Å². The second kappa shape index (κ2) is 5.92. The van der Waals surface area contributed by atoms with E-state index in [1.807, 2.05) is 0 Å². The first kappa shape index (κ1) is 15.3. The molecule has 0 aliphatic heterocycles. The van der Waals surface area contributed by atoms with Crippen LogP contribution < -0.4 is 0 Å². The normalized spacial score (nSPS) is 10.9. The minimum Gasteiger partial charge on any atom is -0.427 e. The summed E-state index contributed by atoms with van der Waals surface area (Å²) in [5.41, 5.74) is -0.512. The number of hydrogen-bond acceptors (Lipinski definition) is 7. The van der Waals surface area contributed by atoms with E-state index in [1.165, 1.54) is 12.3 Å². The number of aromatic nitrogens is 1. The molecule has 1 aromatic rings. The molecule has 0 aliphatic carbocycles. The van der Waals surface area contributed by atoms with Gasteiger partial charge in [-0.05, 0) is 32.3 Å². The SMILES string of the molecule is CC(=O)c1nscc1C(=O)OCOC(=O)C(C)(C)C. The first-order valence-electron chi connectivity index (χ1n) is 5.53. The number of nitrogens with zero attached hydrogens (tertiary/aromatic N) is 1. The molecular formula is C12H15NO5S. The first-order valence-corrected chi connectivity index (χ1v) is 6.37. The van der Waals surface area contributed by atoms with E-state index < -0.39 is 24.1 Å². The van der Waals surface area contributed by atoms with Gasteiger partial charge in [0.25, 0.3) is 0 Å². The van der Waals surface area contributed by atoms with E-state index >= 15 is 0 Å². The van der Waals surface area contributed by atoms with Gasteiger partial charge in [-0.1, -0.05) is 0 Å². The van der Waals surface area contributed by atoms with E-state index in [4.69, 9.17) is 9.47 Å². The molecule has 0 saturated heterocycles. The lowest BCUT2D eigenvalue weighted by atomic mass is 9.98. The Morgan fingerprint density at radius 3 is 2.42 bits per heavy atom. The molecule has 104 valence electrons. The van der Waals surface area contributed by atoms with Gasteiger partial charge in [0, 0.05) is 12.3 Å². The molecule has 19 heavy (non-hydrogen) atoms. The van der Waals surface area contributed by atoms with Crippen LogP contribution in [-0.4, -0.2) is 28.9 Å². The molecule has 0 spiro atoms. The summed E-state index contributed by atoms with van der Waals surface area (Å²) in [6.07, 6.45) is 0. The van der Waals surface area contributed by atoms with Crippen molar-refractivity contribution in [1.29, 1.82) is 0 Å². The van der Waals surface area contributed by atoms with Crippen molar-refractivity contribution in [2.24, 2.45) is 5.41 Å². The van der Waals surface area contributed by atoms with Gasteiger partial charge in [0.2, 0.25) is 6.79 Å². The molecule has 0 radical (unpaired) electrons. The van der Waals surface area contributed by atoms with Crippen LogP contribution in [0, 0.1) is 5.41 Å². The van der Waals surface area contributed by atoms with Crippen LogP contribution in [0.1, 0.15) is 48.5 Å². The highest BCUT2D eigenvalue weighted by Gasteiger charge is 2.24. The summed E-state index contributed by atoms with van der Waals surface area (Å²) in [5.74, 6) is -1.53. The summed E-state index contributed by atoms with van der Waals surface area (Å²) in [6.45, 7) is 5.89. The Morgan fingerprint density at radius 1 is 1.26 bits per heavy atom. The van der Waals surface area contributed by atoms with Crippen molar-refractivity contribution in [2.75, 3.05) is 6.79 Å². The Morgan fingerprint density at radius 2 is 1.89 bits per heavy atom. The molecule has 0 unspecified atom stereocenters. The smallest absolute Gasteiger partial charge is 0.344 e. The van der Waals surface area contributed by atoms with Gasteiger partial charge in [-0.25, -0.2) is 4.79 Å². The van der Waals surface area contributed by atoms with Crippen LogP contribution in [0.25, 0.3) is 0 Å². The highest BCUT2D eigenvalue weighted by Crippen LogP contribution is 2.16. The molecule has 0 saturated carbocycles. The Kier molecular flexibility index (Phi) is 4.77. The van der Waals surface area contributed by atoms with Gasteiger partial charge < -0.3 is 9.47 Å². The van der Waals surface area contributed by atoms with E-state index in [9.17, 15) is 14.4 Å². The van der Waals surface area contributed by atoms with Gasteiger partial charge in [0.05, 0.1) is 5.41 Å². The molecule has 1 heterocycles. The fourth-order valence-electron chi connectivity index (χ4n) is 1.07. The summed E-state index contributed by atoms with van der Waals surface area (Å²) >= 11 is 0.987. The van der Waals surface area contributed by atoms with E-state index in [-0.39, 0.29) is 17.0 Å². The number of esters is 2. The van der Waals surface area contributed by atoms with E-state index in [2.05, 4.69) is 4.37 Å². The number of ketones is 1. The molecule has 0 aromatic carbocycles. The van der Waals surface area contributed by atoms with Crippen LogP contribution in [0.3, 0.4) is 0 Å². The Labute approximate surface area is 114 Å². The molecule has 7 heteroatoms. The van der Waals surface area contributed by atoms with Gasteiger partial charge in [0.15, 0.2) is 5.78 Å². The lowest BCUT2D eigenvalue weighted by Crippen LogP contribution is -2.24. The van der Waals surface area contributed by atoms with Crippen LogP contribution in [0.5, 0.6) is 0 Å². The number of ether oxygens (including phenoxy) is 2. The zero-order valence-electron chi connectivity index (χ0n) is 11.2. The summed E-state index contributed by atoms with van der Waals surface area (Å²) < 4.78 is 13.4. The van der Waals surface area contributed by atoms with Crippen molar-refractivity contribution in [3.63, 3.8) is 0 Å². The largest absolute Gasteiger partial charge is 0.427 e. The first-order chi connectivity index (χ1) is 8.73. The fraction of sp³-hybridized carbons (Fsp3) is 0.500. The van der Waals surface area contributed by atoms with Gasteiger partial charge in [-0.3, -0.25) is 9.59 Å². The van der Waals surface area contributed by atoms with Gasteiger partial charge in [0.1, 0.15) is 11.3 Å². The second-order valence-electron chi connectivity index (χ2n) is 4.86. The minimum atomic E-state index is -0.736. The van der Waals surface area contributed by atoms with E-state index in [0.29, 0.717) is 0 Å². The molecule has 0 aliphatic rings. The maximum atomic E-state index is 11.7. The third-order valence-electron chi connectivity index (χ3n) is 2.12. The summed E-state index contributed by atoms with van der Waals surface area (Å²) in [4.78, 5) is 34.3. The number of carbonyl (C=O) groups excluding carboxylic acids is 3. The number of carbonyl (C=O) groups is 3. The van der Waals surface area contributed by atoms with Crippen molar-refractivity contribution in [3.8, 4) is 0 Å². The van der Waals surface area contributed by atoms with Gasteiger partial charge >= 0.3 is 11.9 Å². The number of Topliss-reactive ketones (excluding diaryl/α,β-unsaturated/α-hetero) is 1. The molecule has 1 rings (SSSR count). The second-order valence-corrected chi connectivity index (χ2v) is 5.49. The summed E-state index contributed by atoms with van der Waals surface area (Å²) in [7, 11) is 0. The predicted octanol–water partition coefficient (Wildman–Crippen LogP) is 2.05. The lowest BCUT2D eigenvalue weighted by Gasteiger charge is -2.16. The number of hydrogen-bond donors (Lipinski definition) is 0. The molecule has 0 fully saturated rings. The van der Waals surface area contributed by atoms with Crippen molar-refractivity contribution >= 4 is 29.3 Å². The van der Waals surface area contributed by atoms with Gasteiger partial charge in [-0.15, -0.1) is 0 Å². The summed E-state index contributed by atoms with van der Waals surface area (Å²) in [5, 5.41) is 1.42. The molecule has 0 N–H and O–H groups in total. The highest BCUT2D eigenvalue weighted by molar-refractivity contribution is 7.04. The molecule has 0 bridgehead atoms. The maximum absolute atomic E-state index is 11.7. The Hall–Kier alpha value is -1.76. The average Bonchev–Trinajstić information content (AvgIpc) is 2.76. The highest BCUT2D eigenvalue weighted by atomic mass is 32.1. The third-order valence-corrected chi connectivity index (χ3v) is 2.74. The van der Waals surface area contributed by atoms with E-state index in [1.54, 1.807) is 20.8 Å². The Balaban J connectivity index is 2.55. The van der Waals surface area contributed by atoms with Crippen LogP contribution >= 0.6 is 11.5 Å². The topological polar surface area (TPSA) is 82.6 Å². The van der Waals surface area contributed by atoms with Crippen LogP contribution in [0.15, 0.2) is 5.38 Å². The average molecular weight is 285 g/mol. The molecule has 1 aromatic heterocycles. The quantitative estimate of drug-likeness (QED) is 0.478. The molecule has 0 atom stereocenters. The molecule has 0 amide bonds. The van der Waals surface area contributed by atoms with Crippen LogP contribution in [0.2, 0.25) is 0 Å². The molecular weight excluding hydrogens is 270 g/mol. The molecule has 6 nitrogen and oxygen atoms in total. The zero-order chi connectivity index (χ0) is 14.6. The Bertz CT molecular complexity index is 500. The maximum Gasteiger partial charge on any atom is 0.344 e. The predicted molar refractivity (Wildman–Crippen MR) is 67.9 cm³/mol. The summed E-state index contributed by atoms with van der Waals surface area (Å²) in [6, 6.07) is 0. The van der Waals surface area contributed by atoms with Crippen molar-refractivity contribution in [1.82, 2.24) is 4.37 Å². The van der Waals surface area contributed by atoms with Crippen LogP contribution in [0.4, 0.5) is 0 Å². The van der Waals surface area contributed by atoms with Crippen molar-refractivity contribution < 1.29 is 23.9 Å². The lowest BCUT2D eigenvalue weighted by molar-refractivity contribution is -0.161. The van der Waals surface area contributed by atoms with Gasteiger partial charge in [-0.2, -0.15) is 4.37 Å². The fourth-order valence-corrected chi connectivity index (χ4v) is 1.76. The number of rotatable bonds is 4.